The van der Waals surface area contributed by atoms with Crippen molar-refractivity contribution in [2.45, 2.75) is 26.4 Å². The molecule has 2 aromatic rings. The van der Waals surface area contributed by atoms with Crippen molar-refractivity contribution < 1.29 is 4.39 Å². The van der Waals surface area contributed by atoms with Crippen molar-refractivity contribution in [3.05, 3.63) is 46.2 Å². The molecule has 0 saturated carbocycles. The fourth-order valence-corrected chi connectivity index (χ4v) is 2.28. The number of nitrogens with one attached hydrogen (secondary N) is 1. The average molecular weight is 302 g/mol. The first-order chi connectivity index (χ1) is 9.11. The Balaban J connectivity index is 2.08. The van der Waals surface area contributed by atoms with Gasteiger partial charge in [-0.15, -0.1) is 0 Å². The molecule has 1 aromatic heterocycles. The summed E-state index contributed by atoms with van der Waals surface area (Å²) in [4.78, 5) is 4.27. The van der Waals surface area contributed by atoms with Crippen LogP contribution in [0.1, 0.15) is 19.2 Å². The molecule has 0 amide bonds. The monoisotopic (exact) mass is 301 g/mol. The smallest absolute Gasteiger partial charge is 0.160 e. The highest BCUT2D eigenvalue weighted by atomic mass is 35.5. The molecule has 102 valence electrons. The van der Waals surface area contributed by atoms with Crippen LogP contribution in [0, 0.1) is 5.82 Å². The van der Waals surface area contributed by atoms with E-state index in [0.717, 1.165) is 18.8 Å². The maximum absolute atomic E-state index is 13.3. The van der Waals surface area contributed by atoms with Gasteiger partial charge in [0.2, 0.25) is 0 Å². The van der Waals surface area contributed by atoms with Crippen molar-refractivity contribution >= 4 is 28.9 Å². The molecule has 0 aliphatic carbocycles. The van der Waals surface area contributed by atoms with E-state index >= 15 is 0 Å². The van der Waals surface area contributed by atoms with Gasteiger partial charge in [-0.3, -0.25) is 0 Å². The summed E-state index contributed by atoms with van der Waals surface area (Å²) < 4.78 is 15.3. The first-order valence-electron chi connectivity index (χ1n) is 6.00. The summed E-state index contributed by atoms with van der Waals surface area (Å²) in [7, 11) is 0. The van der Waals surface area contributed by atoms with Gasteiger partial charge in [-0.25, -0.2) is 9.37 Å². The number of nitrogens with zero attached hydrogens (tertiary/aromatic N) is 2. The standard InChI is InChI=1S/C13H14Cl2FN3/c1-2-4-19-5-3-17-12(19)8-18-9-6-10(14)13(16)11(15)7-9/h3,5-7,18H,2,4,8H2,1H3. The van der Waals surface area contributed by atoms with Crippen LogP contribution in [0.5, 0.6) is 0 Å². The number of benzene rings is 1. The number of aromatic nitrogens is 2. The molecule has 3 nitrogen and oxygen atoms in total. The number of anilines is 1. The van der Waals surface area contributed by atoms with E-state index < -0.39 is 5.82 Å². The lowest BCUT2D eigenvalue weighted by Gasteiger charge is -2.10. The molecule has 6 heteroatoms. The maximum atomic E-state index is 13.3. The third-order valence-electron chi connectivity index (χ3n) is 2.70. The Bertz CT molecular complexity index is 546. The van der Waals surface area contributed by atoms with Gasteiger partial charge < -0.3 is 9.88 Å². The summed E-state index contributed by atoms with van der Waals surface area (Å²) in [5, 5.41) is 3.15. The van der Waals surface area contributed by atoms with Gasteiger partial charge in [0.25, 0.3) is 0 Å². The predicted octanol–water partition coefficient (Wildman–Crippen LogP) is 4.35. The SMILES string of the molecule is CCCn1ccnc1CNc1cc(Cl)c(F)c(Cl)c1. The molecule has 0 aliphatic heterocycles. The van der Waals surface area contributed by atoms with Crippen LogP contribution in [0.25, 0.3) is 0 Å². The fourth-order valence-electron chi connectivity index (χ4n) is 1.79. The van der Waals surface area contributed by atoms with Crippen molar-refractivity contribution in [1.29, 1.82) is 0 Å². The van der Waals surface area contributed by atoms with Crippen molar-refractivity contribution in [3.8, 4) is 0 Å². The third-order valence-corrected chi connectivity index (χ3v) is 3.25. The van der Waals surface area contributed by atoms with Gasteiger partial charge in [0, 0.05) is 24.6 Å². The molecular weight excluding hydrogens is 288 g/mol. The van der Waals surface area contributed by atoms with Crippen LogP contribution in [-0.2, 0) is 13.1 Å². The van der Waals surface area contributed by atoms with E-state index in [1.165, 1.54) is 12.1 Å². The molecular formula is C13H14Cl2FN3. The fraction of sp³-hybridized carbons (Fsp3) is 0.308. The molecule has 19 heavy (non-hydrogen) atoms. The molecule has 2 rings (SSSR count). The van der Waals surface area contributed by atoms with E-state index in [9.17, 15) is 4.39 Å². The Morgan fingerprint density at radius 3 is 2.63 bits per heavy atom. The lowest BCUT2D eigenvalue weighted by atomic mass is 10.3. The average Bonchev–Trinajstić information content (AvgIpc) is 2.81. The van der Waals surface area contributed by atoms with E-state index in [1.54, 1.807) is 6.20 Å². The van der Waals surface area contributed by atoms with Crippen LogP contribution in [-0.4, -0.2) is 9.55 Å². The molecule has 1 heterocycles. The van der Waals surface area contributed by atoms with Crippen LogP contribution in [0.3, 0.4) is 0 Å². The molecule has 0 aliphatic rings. The highest BCUT2D eigenvalue weighted by Crippen LogP contribution is 2.27. The zero-order valence-corrected chi connectivity index (χ0v) is 12.0. The molecule has 1 N–H and O–H groups in total. The summed E-state index contributed by atoms with van der Waals surface area (Å²) in [6.45, 7) is 3.56. The number of halogens is 3. The first-order valence-corrected chi connectivity index (χ1v) is 6.75. The Morgan fingerprint density at radius 1 is 1.32 bits per heavy atom. The number of rotatable bonds is 5. The van der Waals surface area contributed by atoms with E-state index in [-0.39, 0.29) is 10.0 Å². The summed E-state index contributed by atoms with van der Waals surface area (Å²) in [5.74, 6) is 0.319. The Hall–Kier alpha value is -1.26. The Labute approximate surface area is 121 Å². The lowest BCUT2D eigenvalue weighted by molar-refractivity contribution is 0.628. The van der Waals surface area contributed by atoms with E-state index in [2.05, 4.69) is 21.8 Å². The minimum Gasteiger partial charge on any atom is -0.378 e. The molecule has 0 radical (unpaired) electrons. The summed E-state index contributed by atoms with van der Waals surface area (Å²) >= 11 is 11.5. The number of aryl methyl sites for hydroxylation is 1. The van der Waals surface area contributed by atoms with Gasteiger partial charge in [0.05, 0.1) is 16.6 Å². The second-order valence-electron chi connectivity index (χ2n) is 4.14. The molecule has 1 aromatic carbocycles. The largest absolute Gasteiger partial charge is 0.378 e. The van der Waals surface area contributed by atoms with Crippen LogP contribution in [0.4, 0.5) is 10.1 Å². The first kappa shape index (κ1) is 14.2. The van der Waals surface area contributed by atoms with Crippen molar-refractivity contribution in [2.24, 2.45) is 0 Å². The zero-order chi connectivity index (χ0) is 13.8. The van der Waals surface area contributed by atoms with Gasteiger partial charge in [0.15, 0.2) is 5.82 Å². The molecule has 0 unspecified atom stereocenters. The van der Waals surface area contributed by atoms with Crippen molar-refractivity contribution in [1.82, 2.24) is 9.55 Å². The van der Waals surface area contributed by atoms with Gasteiger partial charge in [-0.1, -0.05) is 30.1 Å². The minimum atomic E-state index is -0.596. The van der Waals surface area contributed by atoms with Gasteiger partial charge in [0.1, 0.15) is 5.82 Å². The minimum absolute atomic E-state index is 0.00639. The van der Waals surface area contributed by atoms with Crippen LogP contribution < -0.4 is 5.32 Å². The Kier molecular flexibility index (Phi) is 4.66. The highest BCUT2D eigenvalue weighted by molar-refractivity contribution is 6.35. The normalized spacial score (nSPS) is 10.7. The molecule has 0 fully saturated rings. The lowest BCUT2D eigenvalue weighted by Crippen LogP contribution is -2.08. The number of hydrogen-bond acceptors (Lipinski definition) is 2. The van der Waals surface area contributed by atoms with Gasteiger partial charge in [-0.05, 0) is 18.6 Å². The topological polar surface area (TPSA) is 29.9 Å². The van der Waals surface area contributed by atoms with Gasteiger partial charge >= 0.3 is 0 Å². The molecule has 0 atom stereocenters. The van der Waals surface area contributed by atoms with Crippen LogP contribution in [0.2, 0.25) is 10.0 Å². The zero-order valence-electron chi connectivity index (χ0n) is 10.5. The van der Waals surface area contributed by atoms with Crippen LogP contribution >= 0.6 is 23.2 Å². The second kappa shape index (κ2) is 6.26. The quantitative estimate of drug-likeness (QED) is 0.832. The van der Waals surface area contributed by atoms with E-state index in [1.807, 2.05) is 6.20 Å². The van der Waals surface area contributed by atoms with Crippen molar-refractivity contribution in [3.63, 3.8) is 0 Å². The molecule has 0 bridgehead atoms. The number of hydrogen-bond donors (Lipinski definition) is 1. The van der Waals surface area contributed by atoms with Gasteiger partial charge in [-0.2, -0.15) is 0 Å². The number of imidazole rings is 1. The summed E-state index contributed by atoms with van der Waals surface area (Å²) in [6, 6.07) is 3.02. The summed E-state index contributed by atoms with van der Waals surface area (Å²) in [5.41, 5.74) is 0.669. The predicted molar refractivity (Wildman–Crippen MR) is 76.3 cm³/mol. The molecule has 0 spiro atoms. The second-order valence-corrected chi connectivity index (χ2v) is 4.96. The Morgan fingerprint density at radius 2 is 2.00 bits per heavy atom. The molecule has 0 saturated heterocycles. The van der Waals surface area contributed by atoms with Crippen LogP contribution in [0.15, 0.2) is 24.5 Å². The van der Waals surface area contributed by atoms with Crippen molar-refractivity contribution in [2.75, 3.05) is 5.32 Å². The maximum Gasteiger partial charge on any atom is 0.160 e. The summed E-state index contributed by atoms with van der Waals surface area (Å²) in [6.07, 6.45) is 4.74. The van der Waals surface area contributed by atoms with E-state index in [0.29, 0.717) is 12.2 Å². The third kappa shape index (κ3) is 3.39. The highest BCUT2D eigenvalue weighted by Gasteiger charge is 2.08. The van der Waals surface area contributed by atoms with E-state index in [4.69, 9.17) is 23.2 Å².